The number of hydrazine groups is 1. The molecule has 0 aromatic heterocycles. The van der Waals surface area contributed by atoms with Crippen LogP contribution in [0, 0.1) is 6.92 Å². The molecule has 0 radical (unpaired) electrons. The Labute approximate surface area is 93.5 Å². The quantitative estimate of drug-likeness (QED) is 0.483. The van der Waals surface area contributed by atoms with Crippen molar-refractivity contribution in [1.29, 1.82) is 0 Å². The van der Waals surface area contributed by atoms with Crippen LogP contribution in [-0.2, 0) is 4.79 Å². The zero-order chi connectivity index (χ0) is 11.4. The van der Waals surface area contributed by atoms with Crippen LogP contribution >= 0.6 is 11.6 Å². The number of carbonyl (C=O) groups excluding carboxylic acids is 1. The number of nitrogens with zero attached hydrogens (tertiary/aromatic N) is 1. The zero-order valence-corrected chi connectivity index (χ0v) is 9.41. The highest BCUT2D eigenvalue weighted by Crippen LogP contribution is 2.20. The monoisotopic (exact) mass is 228 g/mol. The minimum Gasteiger partial charge on any atom is -0.484 e. The van der Waals surface area contributed by atoms with Gasteiger partial charge in [-0.3, -0.25) is 9.80 Å². The molecule has 2 N–H and O–H groups in total. The maximum atomic E-state index is 11.1. The summed E-state index contributed by atoms with van der Waals surface area (Å²) in [6, 6.07) is 5.20. The van der Waals surface area contributed by atoms with Crippen molar-refractivity contribution in [3.05, 3.63) is 28.8 Å². The normalized spacial score (nSPS) is 9.87. The molecule has 0 spiro atoms. The van der Waals surface area contributed by atoms with Gasteiger partial charge < -0.3 is 4.74 Å². The van der Waals surface area contributed by atoms with Crippen LogP contribution in [0.15, 0.2) is 18.2 Å². The van der Waals surface area contributed by atoms with E-state index in [-0.39, 0.29) is 12.5 Å². The number of hydrogen-bond donors (Lipinski definition) is 1. The first-order valence-corrected chi connectivity index (χ1v) is 4.78. The van der Waals surface area contributed by atoms with Crippen LogP contribution in [0.1, 0.15) is 5.56 Å². The first-order chi connectivity index (χ1) is 7.00. The largest absolute Gasteiger partial charge is 0.484 e. The first-order valence-electron chi connectivity index (χ1n) is 4.41. The Kier molecular flexibility index (Phi) is 3.94. The van der Waals surface area contributed by atoms with Crippen molar-refractivity contribution in [3.8, 4) is 5.75 Å². The second-order valence-electron chi connectivity index (χ2n) is 3.20. The van der Waals surface area contributed by atoms with E-state index in [1.54, 1.807) is 18.2 Å². The molecule has 5 heteroatoms. The maximum absolute atomic E-state index is 11.1. The van der Waals surface area contributed by atoms with Crippen molar-refractivity contribution in [2.45, 2.75) is 6.92 Å². The predicted octanol–water partition coefficient (Wildman–Crippen LogP) is 1.36. The Morgan fingerprint density at radius 1 is 1.60 bits per heavy atom. The molecule has 0 atom stereocenters. The van der Waals surface area contributed by atoms with Gasteiger partial charge in [-0.05, 0) is 30.7 Å². The van der Waals surface area contributed by atoms with E-state index in [0.717, 1.165) is 10.6 Å². The number of rotatable bonds is 3. The highest BCUT2D eigenvalue weighted by atomic mass is 35.5. The summed E-state index contributed by atoms with van der Waals surface area (Å²) in [5.74, 6) is 5.55. The summed E-state index contributed by atoms with van der Waals surface area (Å²) in [5.41, 5.74) is 0.905. The lowest BCUT2D eigenvalue weighted by Gasteiger charge is -2.11. The van der Waals surface area contributed by atoms with Crippen LogP contribution < -0.4 is 10.6 Å². The van der Waals surface area contributed by atoms with Crippen molar-refractivity contribution in [1.82, 2.24) is 5.01 Å². The van der Waals surface area contributed by atoms with Crippen molar-refractivity contribution in [3.63, 3.8) is 0 Å². The number of ether oxygens (including phenoxy) is 1. The van der Waals surface area contributed by atoms with E-state index in [1.165, 1.54) is 7.05 Å². The molecular formula is C10H13ClN2O2. The Balaban J connectivity index is 2.58. The molecule has 82 valence electrons. The van der Waals surface area contributed by atoms with Crippen LogP contribution in [0.25, 0.3) is 0 Å². The molecule has 1 aromatic carbocycles. The van der Waals surface area contributed by atoms with Crippen LogP contribution in [-0.4, -0.2) is 24.6 Å². The predicted molar refractivity (Wildman–Crippen MR) is 58.6 cm³/mol. The molecule has 1 amide bonds. The fourth-order valence-electron chi connectivity index (χ4n) is 0.954. The van der Waals surface area contributed by atoms with Crippen molar-refractivity contribution >= 4 is 17.5 Å². The van der Waals surface area contributed by atoms with Gasteiger partial charge in [-0.25, -0.2) is 5.84 Å². The summed E-state index contributed by atoms with van der Waals surface area (Å²) >= 11 is 5.84. The Morgan fingerprint density at radius 3 is 2.80 bits per heavy atom. The van der Waals surface area contributed by atoms with Crippen molar-refractivity contribution < 1.29 is 9.53 Å². The van der Waals surface area contributed by atoms with Gasteiger partial charge in [0, 0.05) is 12.1 Å². The van der Waals surface area contributed by atoms with Gasteiger partial charge in [0.25, 0.3) is 5.91 Å². The molecule has 0 saturated heterocycles. The van der Waals surface area contributed by atoms with Gasteiger partial charge >= 0.3 is 0 Å². The second-order valence-corrected chi connectivity index (χ2v) is 3.61. The van der Waals surface area contributed by atoms with Crippen LogP contribution in [0.2, 0.25) is 5.02 Å². The standard InChI is InChI=1S/C10H13ClN2O2/c1-7-5-8(3-4-9(7)11)15-6-10(14)13(2)12/h3-5H,6,12H2,1-2H3. The van der Waals surface area contributed by atoms with Gasteiger partial charge in [-0.15, -0.1) is 0 Å². The lowest BCUT2D eigenvalue weighted by Crippen LogP contribution is -2.36. The van der Waals surface area contributed by atoms with Gasteiger partial charge in [-0.2, -0.15) is 0 Å². The molecule has 0 aliphatic carbocycles. The van der Waals surface area contributed by atoms with E-state index in [9.17, 15) is 4.79 Å². The fourth-order valence-corrected chi connectivity index (χ4v) is 1.07. The van der Waals surface area contributed by atoms with E-state index < -0.39 is 0 Å². The molecule has 15 heavy (non-hydrogen) atoms. The van der Waals surface area contributed by atoms with Crippen molar-refractivity contribution in [2.75, 3.05) is 13.7 Å². The zero-order valence-electron chi connectivity index (χ0n) is 8.66. The van der Waals surface area contributed by atoms with E-state index in [4.69, 9.17) is 22.2 Å². The van der Waals surface area contributed by atoms with Crippen LogP contribution in [0.4, 0.5) is 0 Å². The summed E-state index contributed by atoms with van der Waals surface area (Å²) in [5, 5.41) is 1.66. The Morgan fingerprint density at radius 2 is 2.27 bits per heavy atom. The maximum Gasteiger partial charge on any atom is 0.274 e. The summed E-state index contributed by atoms with van der Waals surface area (Å²) in [7, 11) is 1.47. The number of benzene rings is 1. The van der Waals surface area contributed by atoms with Crippen LogP contribution in [0.5, 0.6) is 5.75 Å². The molecule has 1 rings (SSSR count). The Bertz CT molecular complexity index is 366. The average Bonchev–Trinajstić information content (AvgIpc) is 2.19. The van der Waals surface area contributed by atoms with E-state index in [2.05, 4.69) is 0 Å². The van der Waals surface area contributed by atoms with E-state index in [1.807, 2.05) is 6.92 Å². The molecule has 0 unspecified atom stereocenters. The number of nitrogens with two attached hydrogens (primary N) is 1. The van der Waals surface area contributed by atoms with E-state index >= 15 is 0 Å². The van der Waals surface area contributed by atoms with Crippen molar-refractivity contribution in [2.24, 2.45) is 5.84 Å². The molecule has 0 aliphatic heterocycles. The molecule has 1 aromatic rings. The Hall–Kier alpha value is -1.26. The van der Waals surface area contributed by atoms with Gasteiger partial charge in [0.15, 0.2) is 6.61 Å². The fraction of sp³-hybridized carbons (Fsp3) is 0.300. The summed E-state index contributed by atoms with van der Waals surface area (Å²) in [4.78, 5) is 11.1. The average molecular weight is 229 g/mol. The molecular weight excluding hydrogens is 216 g/mol. The number of aryl methyl sites for hydroxylation is 1. The van der Waals surface area contributed by atoms with Gasteiger partial charge in [0.1, 0.15) is 5.75 Å². The summed E-state index contributed by atoms with van der Waals surface area (Å²) in [6.07, 6.45) is 0. The smallest absolute Gasteiger partial charge is 0.274 e. The minimum absolute atomic E-state index is 0.0753. The highest BCUT2D eigenvalue weighted by molar-refractivity contribution is 6.31. The van der Waals surface area contributed by atoms with Gasteiger partial charge in [0.05, 0.1) is 0 Å². The molecule has 0 bridgehead atoms. The minimum atomic E-state index is -0.289. The number of amides is 1. The molecule has 0 heterocycles. The molecule has 4 nitrogen and oxygen atoms in total. The number of hydrogen-bond acceptors (Lipinski definition) is 3. The number of carbonyl (C=O) groups is 1. The van der Waals surface area contributed by atoms with Crippen LogP contribution in [0.3, 0.4) is 0 Å². The highest BCUT2D eigenvalue weighted by Gasteiger charge is 2.05. The molecule has 0 saturated carbocycles. The SMILES string of the molecule is Cc1cc(OCC(=O)N(C)N)ccc1Cl. The van der Waals surface area contributed by atoms with Gasteiger partial charge in [-0.1, -0.05) is 11.6 Å². The first kappa shape index (κ1) is 11.8. The summed E-state index contributed by atoms with van der Waals surface area (Å²) < 4.78 is 5.24. The third-order valence-corrected chi connectivity index (χ3v) is 2.31. The molecule has 0 aliphatic rings. The lowest BCUT2D eigenvalue weighted by atomic mass is 10.2. The topological polar surface area (TPSA) is 55.6 Å². The number of halogens is 1. The second kappa shape index (κ2) is 5.00. The summed E-state index contributed by atoms with van der Waals surface area (Å²) in [6.45, 7) is 1.79. The third-order valence-electron chi connectivity index (χ3n) is 1.89. The van der Waals surface area contributed by atoms with E-state index in [0.29, 0.717) is 10.8 Å². The number of likely N-dealkylation sites (N-methyl/N-ethyl adjacent to an activating group) is 1. The lowest BCUT2D eigenvalue weighted by molar-refractivity contribution is -0.132. The third kappa shape index (κ3) is 3.42. The van der Waals surface area contributed by atoms with Gasteiger partial charge in [0.2, 0.25) is 0 Å². The molecule has 0 fully saturated rings.